The van der Waals surface area contributed by atoms with Crippen LogP contribution in [0, 0.1) is 19.7 Å². The van der Waals surface area contributed by atoms with Crippen LogP contribution in [-0.2, 0) is 0 Å². The molecule has 0 aliphatic carbocycles. The van der Waals surface area contributed by atoms with Crippen LogP contribution in [0.5, 0.6) is 0 Å². The molecule has 0 spiro atoms. The quantitative estimate of drug-likeness (QED) is 0.586. The molecule has 0 amide bonds. The normalized spacial score (nSPS) is 10.0. The van der Waals surface area contributed by atoms with Crippen molar-refractivity contribution in [2.45, 2.75) is 20.8 Å². The summed E-state index contributed by atoms with van der Waals surface area (Å²) in [6.07, 6.45) is 0. The molecule has 0 N–H and O–H groups in total. The summed E-state index contributed by atoms with van der Waals surface area (Å²) >= 11 is 0. The highest BCUT2D eigenvalue weighted by Gasteiger charge is 2.08. The van der Waals surface area contributed by atoms with Crippen molar-refractivity contribution in [2.75, 3.05) is 0 Å². The lowest BCUT2D eigenvalue weighted by molar-refractivity contribution is 0.101. The molecule has 0 fully saturated rings. The molecule has 2 heteroatoms. The van der Waals surface area contributed by atoms with Gasteiger partial charge in [-0.15, -0.1) is 0 Å². The zero-order valence-electron chi connectivity index (χ0n) is 7.44. The first-order valence-corrected chi connectivity index (χ1v) is 3.80. The molecule has 12 heavy (non-hydrogen) atoms. The van der Waals surface area contributed by atoms with Gasteiger partial charge < -0.3 is 0 Å². The molecule has 1 rings (SSSR count). The molecule has 0 heterocycles. The average Bonchev–Trinajstić information content (AvgIpc) is 1.96. The minimum absolute atomic E-state index is 0.0879. The van der Waals surface area contributed by atoms with Gasteiger partial charge in [0.1, 0.15) is 5.82 Å². The third-order valence-corrected chi connectivity index (χ3v) is 1.87. The lowest BCUT2D eigenvalue weighted by Crippen LogP contribution is -1.99. The van der Waals surface area contributed by atoms with Gasteiger partial charge in [-0.3, -0.25) is 4.79 Å². The van der Waals surface area contributed by atoms with Gasteiger partial charge in [-0.25, -0.2) is 4.39 Å². The summed E-state index contributed by atoms with van der Waals surface area (Å²) in [5.41, 5.74) is 1.70. The second-order valence-corrected chi connectivity index (χ2v) is 2.98. The first-order chi connectivity index (χ1) is 5.52. The van der Waals surface area contributed by atoms with Crippen LogP contribution in [0.2, 0.25) is 0 Å². The maximum atomic E-state index is 13.0. The molecular formula is C10H11FO. The van der Waals surface area contributed by atoms with Gasteiger partial charge in [0.05, 0.1) is 0 Å². The van der Waals surface area contributed by atoms with Gasteiger partial charge >= 0.3 is 0 Å². The van der Waals surface area contributed by atoms with Crippen molar-refractivity contribution in [2.24, 2.45) is 0 Å². The molecule has 1 aromatic rings. The highest BCUT2D eigenvalue weighted by Crippen LogP contribution is 2.15. The molecule has 1 nitrogen and oxygen atoms in total. The summed E-state index contributed by atoms with van der Waals surface area (Å²) in [4.78, 5) is 11.0. The number of benzene rings is 1. The molecule has 1 aromatic carbocycles. The topological polar surface area (TPSA) is 17.1 Å². The van der Waals surface area contributed by atoms with E-state index in [0.29, 0.717) is 11.1 Å². The van der Waals surface area contributed by atoms with Gasteiger partial charge in [0.2, 0.25) is 0 Å². The molecule has 0 atom stereocenters. The van der Waals surface area contributed by atoms with Crippen LogP contribution in [0.1, 0.15) is 28.4 Å². The van der Waals surface area contributed by atoms with E-state index in [1.165, 1.54) is 13.0 Å². The fraction of sp³-hybridized carbons (Fsp3) is 0.300. The van der Waals surface area contributed by atoms with Gasteiger partial charge in [-0.2, -0.15) is 0 Å². The number of hydrogen-bond acceptors (Lipinski definition) is 1. The summed E-state index contributed by atoms with van der Waals surface area (Å²) in [5, 5.41) is 0. The zero-order valence-corrected chi connectivity index (χ0v) is 7.44. The highest BCUT2D eigenvalue weighted by atomic mass is 19.1. The molecule has 64 valence electrons. The standard InChI is InChI=1S/C10H11FO/c1-6-4-9(8(3)12)7(2)10(11)5-6/h4-5H,1-3H3. The number of Topliss-reactive ketones (excluding diaryl/α,β-unsaturated/α-hetero) is 1. The van der Waals surface area contributed by atoms with Crippen LogP contribution in [0.15, 0.2) is 12.1 Å². The number of rotatable bonds is 1. The maximum absolute atomic E-state index is 13.0. The molecule has 0 radical (unpaired) electrons. The summed E-state index contributed by atoms with van der Waals surface area (Å²) in [6.45, 7) is 4.84. The molecule has 0 saturated heterocycles. The second-order valence-electron chi connectivity index (χ2n) is 2.98. The van der Waals surface area contributed by atoms with Gasteiger partial charge in [-0.1, -0.05) is 0 Å². The van der Waals surface area contributed by atoms with Crippen LogP contribution in [-0.4, -0.2) is 5.78 Å². The van der Waals surface area contributed by atoms with E-state index in [9.17, 15) is 9.18 Å². The van der Waals surface area contributed by atoms with E-state index in [1.807, 2.05) is 0 Å². The van der Waals surface area contributed by atoms with Gasteiger partial charge in [0, 0.05) is 5.56 Å². The molecule has 0 saturated carbocycles. The lowest BCUT2D eigenvalue weighted by Gasteiger charge is -2.04. The van der Waals surface area contributed by atoms with Crippen molar-refractivity contribution in [3.8, 4) is 0 Å². The second kappa shape index (κ2) is 3.05. The Morgan fingerprint density at radius 3 is 2.42 bits per heavy atom. The monoisotopic (exact) mass is 166 g/mol. The van der Waals surface area contributed by atoms with Crippen molar-refractivity contribution in [1.82, 2.24) is 0 Å². The predicted molar refractivity (Wildman–Crippen MR) is 45.9 cm³/mol. The maximum Gasteiger partial charge on any atom is 0.160 e. The minimum atomic E-state index is -0.305. The number of carbonyl (C=O) groups is 1. The van der Waals surface area contributed by atoms with E-state index in [0.717, 1.165) is 5.56 Å². The highest BCUT2D eigenvalue weighted by molar-refractivity contribution is 5.95. The van der Waals surface area contributed by atoms with E-state index in [4.69, 9.17) is 0 Å². The first-order valence-electron chi connectivity index (χ1n) is 3.80. The fourth-order valence-corrected chi connectivity index (χ4v) is 1.18. The zero-order chi connectivity index (χ0) is 9.30. The Balaban J connectivity index is 3.37. The number of carbonyl (C=O) groups excluding carboxylic acids is 1. The van der Waals surface area contributed by atoms with Crippen LogP contribution in [0.4, 0.5) is 4.39 Å². The Morgan fingerprint density at radius 1 is 1.33 bits per heavy atom. The summed E-state index contributed by atoms with van der Waals surface area (Å²) in [7, 11) is 0. The summed E-state index contributed by atoms with van der Waals surface area (Å²) in [5.74, 6) is -0.393. The largest absolute Gasteiger partial charge is 0.294 e. The Kier molecular flexibility index (Phi) is 2.27. The van der Waals surface area contributed by atoms with Crippen molar-refractivity contribution < 1.29 is 9.18 Å². The van der Waals surface area contributed by atoms with Crippen LogP contribution >= 0.6 is 0 Å². The Bertz CT molecular complexity index is 329. The van der Waals surface area contributed by atoms with Gasteiger partial charge in [0.25, 0.3) is 0 Å². The molecular weight excluding hydrogens is 155 g/mol. The van der Waals surface area contributed by atoms with E-state index in [-0.39, 0.29) is 11.6 Å². The molecule has 0 bridgehead atoms. The lowest BCUT2D eigenvalue weighted by atomic mass is 10.0. The van der Waals surface area contributed by atoms with Crippen molar-refractivity contribution in [1.29, 1.82) is 0 Å². The summed E-state index contributed by atoms with van der Waals surface area (Å²) in [6, 6.07) is 3.14. The molecule has 0 aliphatic heterocycles. The minimum Gasteiger partial charge on any atom is -0.294 e. The number of hydrogen-bond donors (Lipinski definition) is 0. The van der Waals surface area contributed by atoms with Crippen molar-refractivity contribution >= 4 is 5.78 Å². The Labute approximate surface area is 71.2 Å². The van der Waals surface area contributed by atoms with E-state index in [2.05, 4.69) is 0 Å². The number of ketones is 1. The summed E-state index contributed by atoms with van der Waals surface area (Å²) < 4.78 is 13.0. The number of halogens is 1. The average molecular weight is 166 g/mol. The smallest absolute Gasteiger partial charge is 0.160 e. The molecule has 0 unspecified atom stereocenters. The SMILES string of the molecule is CC(=O)c1cc(C)cc(F)c1C. The molecule has 0 aromatic heterocycles. The van der Waals surface area contributed by atoms with Crippen LogP contribution < -0.4 is 0 Å². The molecule has 0 aliphatic rings. The van der Waals surface area contributed by atoms with E-state index < -0.39 is 0 Å². The van der Waals surface area contributed by atoms with Gasteiger partial charge in [-0.05, 0) is 44.0 Å². The number of aryl methyl sites for hydroxylation is 1. The van der Waals surface area contributed by atoms with E-state index in [1.54, 1.807) is 19.9 Å². The van der Waals surface area contributed by atoms with Gasteiger partial charge in [0.15, 0.2) is 5.78 Å². The van der Waals surface area contributed by atoms with Crippen molar-refractivity contribution in [3.05, 3.63) is 34.6 Å². The van der Waals surface area contributed by atoms with Crippen LogP contribution in [0.25, 0.3) is 0 Å². The Morgan fingerprint density at radius 2 is 1.92 bits per heavy atom. The van der Waals surface area contributed by atoms with Crippen molar-refractivity contribution in [3.63, 3.8) is 0 Å². The fourth-order valence-electron chi connectivity index (χ4n) is 1.18. The predicted octanol–water partition coefficient (Wildman–Crippen LogP) is 2.65. The first kappa shape index (κ1) is 8.91. The Hall–Kier alpha value is -1.18. The third kappa shape index (κ3) is 1.52. The van der Waals surface area contributed by atoms with Crippen LogP contribution in [0.3, 0.4) is 0 Å². The third-order valence-electron chi connectivity index (χ3n) is 1.87. The van der Waals surface area contributed by atoms with E-state index >= 15 is 0 Å².